The minimum absolute atomic E-state index is 0.0374. The number of imidazole rings is 1. The van der Waals surface area contributed by atoms with E-state index in [0.29, 0.717) is 5.95 Å². The van der Waals surface area contributed by atoms with Crippen LogP contribution in [-0.2, 0) is 11.8 Å². The number of benzene rings is 1. The third-order valence-corrected chi connectivity index (χ3v) is 3.02. The Morgan fingerprint density at radius 1 is 1.30 bits per heavy atom. The van der Waals surface area contributed by atoms with Crippen LogP contribution in [-0.4, -0.2) is 27.0 Å². The molecule has 0 bridgehead atoms. The molecule has 5 nitrogen and oxygen atoms in total. The summed E-state index contributed by atoms with van der Waals surface area (Å²) in [6, 6.07) is 7.55. The van der Waals surface area contributed by atoms with Gasteiger partial charge in [0.1, 0.15) is 6.04 Å². The summed E-state index contributed by atoms with van der Waals surface area (Å²) >= 11 is 0. The fourth-order valence-corrected chi connectivity index (χ4v) is 2.01. The Morgan fingerprint density at radius 3 is 2.55 bits per heavy atom. The van der Waals surface area contributed by atoms with Gasteiger partial charge in [0.15, 0.2) is 0 Å². The largest absolute Gasteiger partial charge is 0.350 e. The van der Waals surface area contributed by atoms with E-state index in [1.165, 1.54) is 0 Å². The molecular weight excluding hydrogens is 252 g/mol. The van der Waals surface area contributed by atoms with E-state index in [9.17, 15) is 4.79 Å². The molecule has 0 saturated heterocycles. The van der Waals surface area contributed by atoms with Crippen molar-refractivity contribution < 1.29 is 4.79 Å². The summed E-state index contributed by atoms with van der Waals surface area (Å²) in [5.41, 5.74) is 1.72. The summed E-state index contributed by atoms with van der Waals surface area (Å²) in [5, 5.41) is 6.12. The van der Waals surface area contributed by atoms with Crippen molar-refractivity contribution in [2.45, 2.75) is 39.3 Å². The molecule has 0 fully saturated rings. The molecule has 2 rings (SSSR count). The fourth-order valence-electron chi connectivity index (χ4n) is 2.01. The number of fused-ring (bicyclic) bond motifs is 1. The highest BCUT2D eigenvalue weighted by atomic mass is 16.2. The summed E-state index contributed by atoms with van der Waals surface area (Å²) in [5.74, 6) is 0.660. The number of hydrogen-bond acceptors (Lipinski definition) is 3. The molecule has 0 spiro atoms. The van der Waals surface area contributed by atoms with Crippen LogP contribution in [0, 0.1) is 0 Å². The van der Waals surface area contributed by atoms with Crippen LogP contribution in [0.2, 0.25) is 0 Å². The predicted octanol–water partition coefficient (Wildman–Crippen LogP) is 2.29. The van der Waals surface area contributed by atoms with Gasteiger partial charge in [-0.1, -0.05) is 12.1 Å². The number of nitrogens with one attached hydrogen (secondary N) is 2. The van der Waals surface area contributed by atoms with Crippen molar-refractivity contribution in [2.24, 2.45) is 7.05 Å². The van der Waals surface area contributed by atoms with Gasteiger partial charge in [-0.05, 0) is 39.8 Å². The lowest BCUT2D eigenvalue weighted by Gasteiger charge is -2.23. The van der Waals surface area contributed by atoms with Gasteiger partial charge in [-0.2, -0.15) is 0 Å². The van der Waals surface area contributed by atoms with Crippen LogP contribution in [0.4, 0.5) is 5.95 Å². The van der Waals surface area contributed by atoms with E-state index in [1.54, 1.807) is 0 Å². The van der Waals surface area contributed by atoms with Crippen LogP contribution in [0.25, 0.3) is 11.0 Å². The first-order chi connectivity index (χ1) is 9.28. The van der Waals surface area contributed by atoms with Gasteiger partial charge < -0.3 is 15.2 Å². The van der Waals surface area contributed by atoms with Gasteiger partial charge in [0.25, 0.3) is 0 Å². The van der Waals surface area contributed by atoms with E-state index in [2.05, 4.69) is 15.6 Å². The maximum Gasteiger partial charge on any atom is 0.242 e. The van der Waals surface area contributed by atoms with E-state index in [1.807, 2.05) is 63.6 Å². The standard InChI is InChI=1S/C15H22N4O/c1-10(13(20)18-15(2,3)4)16-14-17-11-8-6-7-9-12(11)19(14)5/h6-10H,1-5H3,(H,16,17)(H,18,20). The van der Waals surface area contributed by atoms with E-state index >= 15 is 0 Å². The SMILES string of the molecule is CC(Nc1nc2ccccc2n1C)C(=O)NC(C)(C)C. The van der Waals surface area contributed by atoms with Crippen LogP contribution in [0.3, 0.4) is 0 Å². The molecule has 0 saturated carbocycles. The predicted molar refractivity (Wildman–Crippen MR) is 81.7 cm³/mol. The van der Waals surface area contributed by atoms with Crippen LogP contribution in [0.5, 0.6) is 0 Å². The van der Waals surface area contributed by atoms with Gasteiger partial charge >= 0.3 is 0 Å². The summed E-state index contributed by atoms with van der Waals surface area (Å²) in [6.07, 6.45) is 0. The molecule has 0 aliphatic rings. The average Bonchev–Trinajstić information content (AvgIpc) is 2.65. The maximum absolute atomic E-state index is 12.1. The number of anilines is 1. The van der Waals surface area contributed by atoms with Crippen molar-refractivity contribution in [2.75, 3.05) is 5.32 Å². The first-order valence-electron chi connectivity index (χ1n) is 6.78. The maximum atomic E-state index is 12.1. The lowest BCUT2D eigenvalue weighted by Crippen LogP contribution is -2.47. The van der Waals surface area contributed by atoms with Gasteiger partial charge in [-0.15, -0.1) is 0 Å². The smallest absolute Gasteiger partial charge is 0.242 e. The topological polar surface area (TPSA) is 59.0 Å². The zero-order chi connectivity index (χ0) is 14.9. The second-order valence-electron chi connectivity index (χ2n) is 6.09. The molecule has 0 aliphatic heterocycles. The summed E-state index contributed by atoms with van der Waals surface area (Å²) in [7, 11) is 1.94. The quantitative estimate of drug-likeness (QED) is 0.903. The molecule has 0 radical (unpaired) electrons. The molecule has 5 heteroatoms. The molecule has 1 atom stereocenters. The Morgan fingerprint density at radius 2 is 1.95 bits per heavy atom. The monoisotopic (exact) mass is 274 g/mol. The Kier molecular flexibility index (Phi) is 3.70. The Balaban J connectivity index is 2.16. The molecule has 1 aromatic carbocycles. The van der Waals surface area contributed by atoms with Crippen molar-refractivity contribution in [3.63, 3.8) is 0 Å². The molecule has 1 heterocycles. The highest BCUT2D eigenvalue weighted by molar-refractivity contribution is 5.85. The summed E-state index contributed by atoms with van der Waals surface area (Å²) in [4.78, 5) is 16.6. The van der Waals surface area contributed by atoms with Crippen molar-refractivity contribution in [3.05, 3.63) is 24.3 Å². The molecule has 108 valence electrons. The molecule has 2 aromatic rings. The van der Waals surface area contributed by atoms with Crippen LogP contribution >= 0.6 is 0 Å². The first-order valence-corrected chi connectivity index (χ1v) is 6.78. The van der Waals surface area contributed by atoms with E-state index < -0.39 is 0 Å². The lowest BCUT2D eigenvalue weighted by molar-refractivity contribution is -0.122. The Bertz CT molecular complexity index is 624. The first kappa shape index (κ1) is 14.4. The number of rotatable bonds is 3. The number of aryl methyl sites for hydroxylation is 1. The molecule has 1 aromatic heterocycles. The second kappa shape index (κ2) is 5.15. The highest BCUT2D eigenvalue weighted by Crippen LogP contribution is 2.18. The van der Waals surface area contributed by atoms with Crippen LogP contribution < -0.4 is 10.6 Å². The van der Waals surface area contributed by atoms with Gasteiger partial charge in [0, 0.05) is 12.6 Å². The van der Waals surface area contributed by atoms with Crippen LogP contribution in [0.15, 0.2) is 24.3 Å². The fraction of sp³-hybridized carbons (Fsp3) is 0.467. The summed E-state index contributed by atoms with van der Waals surface area (Å²) < 4.78 is 1.95. The summed E-state index contributed by atoms with van der Waals surface area (Å²) in [6.45, 7) is 7.73. The zero-order valence-electron chi connectivity index (χ0n) is 12.7. The van der Waals surface area contributed by atoms with E-state index in [0.717, 1.165) is 11.0 Å². The number of nitrogens with zero attached hydrogens (tertiary/aromatic N) is 2. The van der Waals surface area contributed by atoms with Crippen LogP contribution in [0.1, 0.15) is 27.7 Å². The van der Waals surface area contributed by atoms with Gasteiger partial charge in [0.05, 0.1) is 11.0 Å². The van der Waals surface area contributed by atoms with Crippen molar-refractivity contribution in [3.8, 4) is 0 Å². The van der Waals surface area contributed by atoms with Crippen molar-refractivity contribution in [1.29, 1.82) is 0 Å². The number of carbonyl (C=O) groups excluding carboxylic acids is 1. The molecular formula is C15H22N4O. The van der Waals surface area contributed by atoms with Gasteiger partial charge in [0.2, 0.25) is 11.9 Å². The number of para-hydroxylation sites is 2. The Hall–Kier alpha value is -2.04. The van der Waals surface area contributed by atoms with Gasteiger partial charge in [-0.3, -0.25) is 4.79 Å². The molecule has 20 heavy (non-hydrogen) atoms. The van der Waals surface area contributed by atoms with Crippen molar-refractivity contribution in [1.82, 2.24) is 14.9 Å². The molecule has 1 unspecified atom stereocenters. The molecule has 1 amide bonds. The number of carbonyl (C=O) groups is 1. The zero-order valence-corrected chi connectivity index (χ0v) is 12.7. The normalized spacial score (nSPS) is 13.2. The molecule has 0 aliphatic carbocycles. The second-order valence-corrected chi connectivity index (χ2v) is 6.09. The number of aromatic nitrogens is 2. The minimum atomic E-state index is -0.343. The number of amides is 1. The minimum Gasteiger partial charge on any atom is -0.350 e. The highest BCUT2D eigenvalue weighted by Gasteiger charge is 2.20. The molecule has 2 N–H and O–H groups in total. The average molecular weight is 274 g/mol. The third kappa shape index (κ3) is 3.10. The number of hydrogen-bond donors (Lipinski definition) is 2. The van der Waals surface area contributed by atoms with Gasteiger partial charge in [-0.25, -0.2) is 4.98 Å². The third-order valence-electron chi connectivity index (χ3n) is 3.02. The van der Waals surface area contributed by atoms with E-state index in [-0.39, 0.29) is 17.5 Å². The lowest BCUT2D eigenvalue weighted by atomic mass is 10.1. The van der Waals surface area contributed by atoms with Crippen molar-refractivity contribution >= 4 is 22.9 Å². The Labute approximate surface area is 119 Å². The van der Waals surface area contributed by atoms with E-state index in [4.69, 9.17) is 0 Å².